The van der Waals surface area contributed by atoms with Gasteiger partial charge in [-0.2, -0.15) is 0 Å². The molecule has 0 radical (unpaired) electrons. The van der Waals surface area contributed by atoms with E-state index in [0.29, 0.717) is 47.5 Å². The average molecular weight is 727 g/mol. The van der Waals surface area contributed by atoms with E-state index < -0.39 is 16.9 Å². The van der Waals surface area contributed by atoms with Crippen LogP contribution in [0.25, 0.3) is 6.08 Å². The summed E-state index contributed by atoms with van der Waals surface area (Å²) in [7, 11) is 0. The molecule has 1 aromatic heterocycles. The summed E-state index contributed by atoms with van der Waals surface area (Å²) in [5.41, 5.74) is 2.66. The molecule has 0 saturated carbocycles. The summed E-state index contributed by atoms with van der Waals surface area (Å²) >= 11 is 8.34. The number of hydrogen-bond donors (Lipinski definition) is 0. The minimum absolute atomic E-state index is 0.109. The molecule has 3 aromatic carbocycles. The lowest BCUT2D eigenvalue weighted by Crippen LogP contribution is -2.40. The number of allylic oxidation sites excluding steroid dienone is 1. The predicted molar refractivity (Wildman–Crippen MR) is 171 cm³/mol. The molecule has 0 N–H and O–H groups in total. The van der Waals surface area contributed by atoms with Crippen molar-refractivity contribution in [1.82, 2.24) is 4.57 Å². The van der Waals surface area contributed by atoms with Gasteiger partial charge in [0.2, 0.25) is 0 Å². The summed E-state index contributed by atoms with van der Waals surface area (Å²) in [6, 6.07) is 17.2. The van der Waals surface area contributed by atoms with Gasteiger partial charge in [0.15, 0.2) is 4.80 Å². The van der Waals surface area contributed by atoms with E-state index in [2.05, 4.69) is 36.9 Å². The Morgan fingerprint density at radius 2 is 1.81 bits per heavy atom. The van der Waals surface area contributed by atoms with Crippen LogP contribution in [0.1, 0.15) is 42.1 Å². The van der Waals surface area contributed by atoms with E-state index in [4.69, 9.17) is 9.47 Å². The topological polar surface area (TPSA) is 113 Å². The van der Waals surface area contributed by atoms with Gasteiger partial charge in [-0.1, -0.05) is 53.8 Å². The minimum Gasteiger partial charge on any atom is -0.487 e. The van der Waals surface area contributed by atoms with Crippen LogP contribution >= 0.6 is 43.2 Å². The van der Waals surface area contributed by atoms with Crippen LogP contribution in [0.5, 0.6) is 5.75 Å². The van der Waals surface area contributed by atoms with E-state index in [1.165, 1.54) is 22.0 Å². The van der Waals surface area contributed by atoms with Crippen molar-refractivity contribution >= 4 is 60.9 Å². The van der Waals surface area contributed by atoms with Crippen LogP contribution in [0, 0.1) is 17.0 Å². The lowest BCUT2D eigenvalue weighted by atomic mass is 9.94. The van der Waals surface area contributed by atoms with E-state index in [1.54, 1.807) is 39.0 Å². The second-order valence-electron chi connectivity index (χ2n) is 9.69. The highest BCUT2D eigenvalue weighted by Crippen LogP contribution is 2.36. The molecule has 0 aliphatic carbocycles. The molecule has 0 bridgehead atoms. The summed E-state index contributed by atoms with van der Waals surface area (Å²) in [6.07, 6.45) is 1.73. The number of hydrogen-bond acceptors (Lipinski definition) is 8. The standard InChI is InChI=1S/C31H25Br2N3O6S/c1-4-41-30(38)26-18(3)34-31-35(27(26)21-11-10-17(2)24(15-21)36(39)40)29(37)25(43-31)14-20-12-22(32)28(23(33)13-20)42-16-19-8-6-5-7-9-19/h5-15,27H,4,16H2,1-3H3/b25-14+/t27-/m1/s1. The molecule has 0 saturated heterocycles. The average Bonchev–Trinajstić information content (AvgIpc) is 3.26. The monoisotopic (exact) mass is 725 g/mol. The Morgan fingerprint density at radius 3 is 2.47 bits per heavy atom. The fraction of sp³-hybridized carbons (Fsp3) is 0.194. The van der Waals surface area contributed by atoms with Crippen LogP contribution in [0.4, 0.5) is 5.69 Å². The van der Waals surface area contributed by atoms with Crippen LogP contribution in [-0.2, 0) is 16.1 Å². The van der Waals surface area contributed by atoms with Gasteiger partial charge < -0.3 is 9.47 Å². The Morgan fingerprint density at radius 1 is 1.12 bits per heavy atom. The number of fused-ring (bicyclic) bond motifs is 1. The molecule has 5 rings (SSSR count). The summed E-state index contributed by atoms with van der Waals surface area (Å²) in [5, 5.41) is 11.7. The van der Waals surface area contributed by atoms with E-state index in [1.807, 2.05) is 42.5 Å². The maximum absolute atomic E-state index is 13.9. The largest absolute Gasteiger partial charge is 0.487 e. The van der Waals surface area contributed by atoms with Crippen LogP contribution < -0.4 is 19.6 Å². The molecule has 9 nitrogen and oxygen atoms in total. The van der Waals surface area contributed by atoms with Gasteiger partial charge in [-0.25, -0.2) is 9.79 Å². The molecule has 1 aliphatic rings. The second-order valence-corrected chi connectivity index (χ2v) is 12.4. The van der Waals surface area contributed by atoms with Gasteiger partial charge in [0, 0.05) is 11.6 Å². The molecule has 12 heteroatoms. The molecule has 0 fully saturated rings. The first kappa shape index (κ1) is 30.6. The highest BCUT2D eigenvalue weighted by atomic mass is 79.9. The maximum atomic E-state index is 13.9. The number of ether oxygens (including phenoxy) is 2. The van der Waals surface area contributed by atoms with Gasteiger partial charge in [0.25, 0.3) is 11.2 Å². The first-order chi connectivity index (χ1) is 20.6. The number of esters is 1. The number of aromatic nitrogens is 1. The molecular formula is C31H25Br2N3O6S. The van der Waals surface area contributed by atoms with Crippen LogP contribution in [0.2, 0.25) is 0 Å². The third-order valence-electron chi connectivity index (χ3n) is 6.81. The first-order valence-corrected chi connectivity index (χ1v) is 15.6. The smallest absolute Gasteiger partial charge is 0.338 e. The maximum Gasteiger partial charge on any atom is 0.338 e. The second kappa shape index (κ2) is 12.8. The predicted octanol–water partition coefficient (Wildman–Crippen LogP) is 6.12. The zero-order valence-corrected chi connectivity index (χ0v) is 27.3. The van der Waals surface area contributed by atoms with E-state index >= 15 is 0 Å². The number of nitro benzene ring substituents is 1. The van der Waals surface area contributed by atoms with Gasteiger partial charge >= 0.3 is 5.97 Å². The van der Waals surface area contributed by atoms with Gasteiger partial charge in [0.05, 0.1) is 42.3 Å². The van der Waals surface area contributed by atoms with Gasteiger partial charge in [-0.3, -0.25) is 19.5 Å². The number of halogens is 2. The third-order valence-corrected chi connectivity index (χ3v) is 8.97. The third kappa shape index (κ3) is 6.27. The molecule has 1 aliphatic heterocycles. The van der Waals surface area contributed by atoms with Gasteiger partial charge in [0.1, 0.15) is 12.4 Å². The zero-order chi connectivity index (χ0) is 30.8. The quantitative estimate of drug-likeness (QED) is 0.123. The number of thiazole rings is 1. The van der Waals surface area contributed by atoms with Crippen molar-refractivity contribution in [2.24, 2.45) is 4.99 Å². The molecule has 4 aromatic rings. The molecular weight excluding hydrogens is 702 g/mol. The van der Waals surface area contributed by atoms with Crippen molar-refractivity contribution in [3.63, 3.8) is 0 Å². The molecule has 1 atom stereocenters. The van der Waals surface area contributed by atoms with Crippen molar-refractivity contribution in [3.8, 4) is 5.75 Å². The lowest BCUT2D eigenvalue weighted by Gasteiger charge is -2.24. The van der Waals surface area contributed by atoms with Crippen LogP contribution in [-0.4, -0.2) is 22.1 Å². The molecule has 2 heterocycles. The lowest BCUT2D eigenvalue weighted by molar-refractivity contribution is -0.385. The number of carbonyl (C=O) groups is 1. The number of aryl methyl sites for hydroxylation is 1. The Labute approximate surface area is 267 Å². The summed E-state index contributed by atoms with van der Waals surface area (Å²) < 4.78 is 14.5. The van der Waals surface area contributed by atoms with E-state index in [0.717, 1.165) is 11.1 Å². The normalized spacial score (nSPS) is 14.7. The fourth-order valence-electron chi connectivity index (χ4n) is 4.78. The summed E-state index contributed by atoms with van der Waals surface area (Å²) in [6.45, 7) is 5.49. The van der Waals surface area contributed by atoms with Crippen molar-refractivity contribution in [1.29, 1.82) is 0 Å². The number of benzene rings is 3. The van der Waals surface area contributed by atoms with Crippen molar-refractivity contribution in [2.75, 3.05) is 6.61 Å². The minimum atomic E-state index is -0.955. The van der Waals surface area contributed by atoms with Crippen LogP contribution in [0.15, 0.2) is 90.7 Å². The molecule has 0 unspecified atom stereocenters. The molecule has 0 spiro atoms. The Kier molecular flexibility index (Phi) is 9.09. The highest BCUT2D eigenvalue weighted by Gasteiger charge is 2.34. The Balaban J connectivity index is 1.60. The van der Waals surface area contributed by atoms with Crippen molar-refractivity contribution in [3.05, 3.63) is 133 Å². The van der Waals surface area contributed by atoms with Crippen LogP contribution in [0.3, 0.4) is 0 Å². The first-order valence-electron chi connectivity index (χ1n) is 13.2. The molecule has 43 heavy (non-hydrogen) atoms. The zero-order valence-electron chi connectivity index (χ0n) is 23.3. The molecule has 220 valence electrons. The highest BCUT2D eigenvalue weighted by molar-refractivity contribution is 9.11. The Hall–Kier alpha value is -3.87. The fourth-order valence-corrected chi connectivity index (χ4v) is 7.28. The summed E-state index contributed by atoms with van der Waals surface area (Å²) in [4.78, 5) is 43.3. The van der Waals surface area contributed by atoms with Gasteiger partial charge in [-0.05, 0) is 87.5 Å². The number of rotatable bonds is 8. The number of carbonyl (C=O) groups excluding carboxylic acids is 1. The van der Waals surface area contributed by atoms with Crippen molar-refractivity contribution < 1.29 is 19.2 Å². The van der Waals surface area contributed by atoms with Crippen molar-refractivity contribution in [2.45, 2.75) is 33.4 Å². The SMILES string of the molecule is CCOC(=O)C1=C(C)N=c2s/c(=C/c3cc(Br)c(OCc4ccccc4)c(Br)c3)c(=O)n2[C@@H]1c1ccc(C)c([N+](=O)[O-])c1. The van der Waals surface area contributed by atoms with Gasteiger partial charge in [-0.15, -0.1) is 0 Å². The summed E-state index contributed by atoms with van der Waals surface area (Å²) in [5.74, 6) is -0.0108. The number of nitro groups is 1. The molecule has 0 amide bonds. The number of nitrogens with zero attached hydrogens (tertiary/aromatic N) is 3. The van der Waals surface area contributed by atoms with E-state index in [9.17, 15) is 19.7 Å². The van der Waals surface area contributed by atoms with E-state index in [-0.39, 0.29) is 23.4 Å². The Bertz CT molecular complexity index is 1940.